The van der Waals surface area contributed by atoms with Gasteiger partial charge in [-0.3, -0.25) is 0 Å². The van der Waals surface area contributed by atoms with Gasteiger partial charge in [-0.1, -0.05) is 84.9 Å². The first-order valence-electron chi connectivity index (χ1n) is 12.3. The van der Waals surface area contributed by atoms with Crippen molar-refractivity contribution in [3.8, 4) is 5.75 Å². The van der Waals surface area contributed by atoms with E-state index in [4.69, 9.17) is 9.47 Å². The second kappa shape index (κ2) is 13.1. The number of carbonyl (C=O) groups is 2. The number of rotatable bonds is 12. The molecule has 0 amide bonds. The van der Waals surface area contributed by atoms with Crippen molar-refractivity contribution in [2.45, 2.75) is 25.4 Å². The summed E-state index contributed by atoms with van der Waals surface area (Å²) in [6.07, 6.45) is 1.07. The Kier molecular flexibility index (Phi) is 9.08. The van der Waals surface area contributed by atoms with Gasteiger partial charge in [0.15, 0.2) is 0 Å². The molecule has 37 heavy (non-hydrogen) atoms. The minimum Gasteiger partial charge on any atom is -0.496 e. The molecule has 4 aromatic carbocycles. The molecule has 0 aliphatic heterocycles. The Morgan fingerprint density at radius 3 is 1.92 bits per heavy atom. The summed E-state index contributed by atoms with van der Waals surface area (Å²) in [4.78, 5) is 26.3. The molecule has 1 atom stereocenters. The predicted octanol–water partition coefficient (Wildman–Crippen LogP) is 6.43. The lowest BCUT2D eigenvalue weighted by molar-refractivity contribution is -0.108. The number of hydrogen-bond donors (Lipinski definition) is 0. The third-order valence-electron chi connectivity index (χ3n) is 6.26. The van der Waals surface area contributed by atoms with Crippen LogP contribution in [-0.2, 0) is 22.6 Å². The molecule has 0 unspecified atom stereocenters. The van der Waals surface area contributed by atoms with Crippen LogP contribution in [0.5, 0.6) is 5.75 Å². The van der Waals surface area contributed by atoms with Crippen LogP contribution in [0, 0.1) is 0 Å². The molecule has 188 valence electrons. The Labute approximate surface area is 218 Å². The zero-order valence-electron chi connectivity index (χ0n) is 21.0. The van der Waals surface area contributed by atoms with Gasteiger partial charge in [-0.25, -0.2) is 4.79 Å². The van der Waals surface area contributed by atoms with Gasteiger partial charge in [-0.15, -0.1) is 0 Å². The van der Waals surface area contributed by atoms with Gasteiger partial charge >= 0.3 is 5.97 Å². The zero-order valence-corrected chi connectivity index (χ0v) is 21.0. The molecule has 0 saturated carbocycles. The van der Waals surface area contributed by atoms with Crippen molar-refractivity contribution in [1.29, 1.82) is 0 Å². The van der Waals surface area contributed by atoms with Crippen molar-refractivity contribution in [1.82, 2.24) is 0 Å². The molecule has 0 saturated heterocycles. The third-order valence-corrected chi connectivity index (χ3v) is 6.26. The SMILES string of the molecule is COc1cc(N(Cc2ccccc2)Cc2ccccc2)ccc1[C@@H](CC=O)COC(=O)c1ccccc1. The number of ether oxygens (including phenoxy) is 2. The molecule has 0 aliphatic rings. The van der Waals surface area contributed by atoms with E-state index < -0.39 is 5.97 Å². The lowest BCUT2D eigenvalue weighted by Gasteiger charge is -2.27. The van der Waals surface area contributed by atoms with Gasteiger partial charge < -0.3 is 19.2 Å². The van der Waals surface area contributed by atoms with Crippen molar-refractivity contribution in [2.24, 2.45) is 0 Å². The Morgan fingerprint density at radius 1 is 0.811 bits per heavy atom. The van der Waals surface area contributed by atoms with Crippen LogP contribution in [0.15, 0.2) is 109 Å². The first kappa shape index (κ1) is 25.7. The number of esters is 1. The van der Waals surface area contributed by atoms with Crippen LogP contribution in [0.25, 0.3) is 0 Å². The molecule has 5 heteroatoms. The van der Waals surface area contributed by atoms with Crippen molar-refractivity contribution >= 4 is 17.9 Å². The minimum atomic E-state index is -0.413. The highest BCUT2D eigenvalue weighted by atomic mass is 16.5. The lowest BCUT2D eigenvalue weighted by Crippen LogP contribution is -2.22. The van der Waals surface area contributed by atoms with Gasteiger partial charge in [-0.2, -0.15) is 0 Å². The molecule has 0 aliphatic carbocycles. The van der Waals surface area contributed by atoms with Crippen molar-refractivity contribution in [3.63, 3.8) is 0 Å². The van der Waals surface area contributed by atoms with Gasteiger partial charge in [0.1, 0.15) is 12.0 Å². The molecular formula is C32H31NO4. The fourth-order valence-corrected chi connectivity index (χ4v) is 4.31. The summed E-state index contributed by atoms with van der Waals surface area (Å²) in [5.74, 6) is -0.0684. The molecule has 0 radical (unpaired) electrons. The van der Waals surface area contributed by atoms with Crippen LogP contribution in [0.1, 0.15) is 39.4 Å². The highest BCUT2D eigenvalue weighted by Gasteiger charge is 2.21. The number of aldehydes is 1. The Bertz CT molecular complexity index is 1230. The average molecular weight is 494 g/mol. The first-order chi connectivity index (χ1) is 18.2. The van der Waals surface area contributed by atoms with Crippen molar-refractivity contribution in [3.05, 3.63) is 131 Å². The van der Waals surface area contributed by atoms with E-state index in [0.29, 0.717) is 11.3 Å². The fourth-order valence-electron chi connectivity index (χ4n) is 4.31. The van der Waals surface area contributed by atoms with Crippen LogP contribution < -0.4 is 9.64 Å². The third kappa shape index (κ3) is 7.07. The molecule has 0 spiro atoms. The second-order valence-corrected chi connectivity index (χ2v) is 8.82. The fraction of sp³-hybridized carbons (Fsp3) is 0.188. The summed E-state index contributed by atoms with van der Waals surface area (Å²) in [6.45, 7) is 1.54. The smallest absolute Gasteiger partial charge is 0.338 e. The van der Waals surface area contributed by atoms with Crippen molar-refractivity contribution in [2.75, 3.05) is 18.6 Å². The number of anilines is 1. The molecule has 4 aromatic rings. The van der Waals surface area contributed by atoms with Crippen LogP contribution >= 0.6 is 0 Å². The van der Waals surface area contributed by atoms with Gasteiger partial charge in [0, 0.05) is 42.7 Å². The van der Waals surface area contributed by atoms with Crippen LogP contribution in [0.2, 0.25) is 0 Å². The summed E-state index contributed by atoms with van der Waals surface area (Å²) in [6, 6.07) is 35.5. The highest BCUT2D eigenvalue weighted by Crippen LogP contribution is 2.34. The average Bonchev–Trinajstić information content (AvgIpc) is 2.96. The maximum Gasteiger partial charge on any atom is 0.338 e. The topological polar surface area (TPSA) is 55.8 Å². The Balaban J connectivity index is 1.58. The van der Waals surface area contributed by atoms with E-state index in [1.54, 1.807) is 31.4 Å². The van der Waals surface area contributed by atoms with Gasteiger partial charge in [0.05, 0.1) is 19.3 Å². The van der Waals surface area contributed by atoms with E-state index in [9.17, 15) is 9.59 Å². The quantitative estimate of drug-likeness (QED) is 0.168. The number of methoxy groups -OCH3 is 1. The first-order valence-corrected chi connectivity index (χ1v) is 12.3. The number of carbonyl (C=O) groups excluding carboxylic acids is 2. The second-order valence-electron chi connectivity index (χ2n) is 8.82. The normalized spacial score (nSPS) is 11.4. The summed E-state index contributed by atoms with van der Waals surface area (Å²) in [5.41, 5.74) is 4.71. The van der Waals surface area contributed by atoms with E-state index >= 15 is 0 Å². The molecule has 5 nitrogen and oxygen atoms in total. The number of nitrogens with zero attached hydrogens (tertiary/aromatic N) is 1. The monoisotopic (exact) mass is 493 g/mol. The highest BCUT2D eigenvalue weighted by molar-refractivity contribution is 5.89. The number of benzene rings is 4. The molecule has 4 rings (SSSR count). The molecule has 0 N–H and O–H groups in total. The Morgan fingerprint density at radius 2 is 1.38 bits per heavy atom. The van der Waals surface area contributed by atoms with Crippen molar-refractivity contribution < 1.29 is 19.1 Å². The van der Waals surface area contributed by atoms with Crippen LogP contribution in [0.4, 0.5) is 5.69 Å². The minimum absolute atomic E-state index is 0.0833. The molecule has 0 fully saturated rings. The zero-order chi connectivity index (χ0) is 25.9. The van der Waals surface area contributed by atoms with Crippen LogP contribution in [-0.4, -0.2) is 26.0 Å². The predicted molar refractivity (Wildman–Crippen MR) is 146 cm³/mol. The van der Waals surface area contributed by atoms with E-state index in [2.05, 4.69) is 29.2 Å². The standard InChI is InChI=1S/C32H31NO4/c1-36-31-21-29(33(22-25-11-5-2-6-12-25)23-26-13-7-3-8-14-26)17-18-30(31)28(19-20-34)24-37-32(35)27-15-9-4-10-16-27/h2-18,20-21,28H,19,22-24H2,1H3/t28-/m0/s1. The molecular weight excluding hydrogens is 462 g/mol. The summed E-state index contributed by atoms with van der Waals surface area (Å²) in [7, 11) is 1.62. The summed E-state index contributed by atoms with van der Waals surface area (Å²) < 4.78 is 11.3. The largest absolute Gasteiger partial charge is 0.496 e. The molecule has 0 bridgehead atoms. The Hall–Kier alpha value is -4.38. The van der Waals surface area contributed by atoms with Gasteiger partial charge in [0.25, 0.3) is 0 Å². The van der Waals surface area contributed by atoms with Crippen LogP contribution in [0.3, 0.4) is 0 Å². The van der Waals surface area contributed by atoms with Gasteiger partial charge in [-0.05, 0) is 29.3 Å². The van der Waals surface area contributed by atoms with E-state index in [1.807, 2.05) is 60.7 Å². The van der Waals surface area contributed by atoms with Gasteiger partial charge in [0.2, 0.25) is 0 Å². The number of hydrogen-bond acceptors (Lipinski definition) is 5. The lowest BCUT2D eigenvalue weighted by atomic mass is 9.95. The van der Waals surface area contributed by atoms with E-state index in [-0.39, 0.29) is 18.9 Å². The summed E-state index contributed by atoms with van der Waals surface area (Å²) >= 11 is 0. The maximum absolute atomic E-state index is 12.5. The van der Waals surface area contributed by atoms with E-state index in [1.165, 1.54) is 11.1 Å². The summed E-state index contributed by atoms with van der Waals surface area (Å²) in [5, 5.41) is 0. The molecule has 0 heterocycles. The molecule has 0 aromatic heterocycles. The van der Waals surface area contributed by atoms with E-state index in [0.717, 1.165) is 30.6 Å². The maximum atomic E-state index is 12.5.